The highest BCUT2D eigenvalue weighted by Crippen LogP contribution is 2.44. The lowest BCUT2D eigenvalue weighted by molar-refractivity contribution is 0.251. The van der Waals surface area contributed by atoms with Crippen LogP contribution in [-0.2, 0) is 11.3 Å². The molecular formula is C23H22N2O2. The van der Waals surface area contributed by atoms with Gasteiger partial charge >= 0.3 is 0 Å². The Bertz CT molecular complexity index is 921. The molecule has 1 unspecified atom stereocenters. The van der Waals surface area contributed by atoms with Crippen LogP contribution in [-0.4, -0.2) is 0 Å². The van der Waals surface area contributed by atoms with E-state index in [9.17, 15) is 5.26 Å². The highest BCUT2D eigenvalue weighted by Gasteiger charge is 2.33. The first-order valence-corrected chi connectivity index (χ1v) is 9.32. The number of hydrogen-bond acceptors (Lipinski definition) is 4. The van der Waals surface area contributed by atoms with E-state index in [1.54, 1.807) is 0 Å². The summed E-state index contributed by atoms with van der Waals surface area (Å²) in [5.41, 5.74) is 9.93. The molecule has 0 amide bonds. The number of nitrogens with two attached hydrogens (primary N) is 1. The molecule has 2 aliphatic rings. The van der Waals surface area contributed by atoms with Gasteiger partial charge in [0.1, 0.15) is 29.8 Å². The Morgan fingerprint density at radius 3 is 2.52 bits per heavy atom. The van der Waals surface area contributed by atoms with Crippen molar-refractivity contribution in [2.75, 3.05) is 0 Å². The summed E-state index contributed by atoms with van der Waals surface area (Å²) in [5.74, 6) is 1.89. The van der Waals surface area contributed by atoms with Crippen molar-refractivity contribution in [3.63, 3.8) is 0 Å². The molecule has 2 N–H and O–H groups in total. The number of nitrogens with zero attached hydrogens (tertiary/aromatic N) is 1. The third-order valence-electron chi connectivity index (χ3n) is 5.18. The van der Waals surface area contributed by atoms with E-state index in [0.29, 0.717) is 12.2 Å². The fourth-order valence-electron chi connectivity index (χ4n) is 3.81. The molecule has 1 aliphatic heterocycles. The van der Waals surface area contributed by atoms with E-state index in [0.717, 1.165) is 48.3 Å². The molecule has 1 atom stereocenters. The van der Waals surface area contributed by atoms with Crippen molar-refractivity contribution >= 4 is 0 Å². The summed E-state index contributed by atoms with van der Waals surface area (Å²) >= 11 is 0. The van der Waals surface area contributed by atoms with Crippen LogP contribution in [0.4, 0.5) is 0 Å². The van der Waals surface area contributed by atoms with Gasteiger partial charge in [-0.05, 0) is 48.1 Å². The number of hydrogen-bond donors (Lipinski definition) is 1. The van der Waals surface area contributed by atoms with Crippen molar-refractivity contribution in [1.82, 2.24) is 0 Å². The number of ether oxygens (including phenoxy) is 2. The van der Waals surface area contributed by atoms with Gasteiger partial charge in [0.05, 0.1) is 0 Å². The number of benzene rings is 2. The van der Waals surface area contributed by atoms with Gasteiger partial charge in [0.15, 0.2) is 0 Å². The summed E-state index contributed by atoms with van der Waals surface area (Å²) in [4.78, 5) is 0. The van der Waals surface area contributed by atoms with E-state index in [2.05, 4.69) is 6.07 Å². The minimum Gasteiger partial charge on any atom is -0.489 e. The van der Waals surface area contributed by atoms with Crippen LogP contribution in [0.3, 0.4) is 0 Å². The first-order chi connectivity index (χ1) is 13.3. The smallest absolute Gasteiger partial charge is 0.205 e. The zero-order valence-corrected chi connectivity index (χ0v) is 15.2. The van der Waals surface area contributed by atoms with Crippen LogP contribution in [0.15, 0.2) is 77.4 Å². The van der Waals surface area contributed by atoms with Gasteiger partial charge in [-0.15, -0.1) is 0 Å². The second kappa shape index (κ2) is 7.59. The lowest BCUT2D eigenvalue weighted by atomic mass is 9.78. The number of nitriles is 1. The minimum atomic E-state index is -0.109. The third kappa shape index (κ3) is 3.54. The topological polar surface area (TPSA) is 68.3 Å². The molecule has 0 saturated heterocycles. The van der Waals surface area contributed by atoms with Gasteiger partial charge in [-0.3, -0.25) is 0 Å². The SMILES string of the molecule is N#CC1=C(N)OC2=C(CCCC2)C1c1ccc(OCc2ccccc2)cc1. The van der Waals surface area contributed by atoms with Crippen molar-refractivity contribution < 1.29 is 9.47 Å². The van der Waals surface area contributed by atoms with Crippen molar-refractivity contribution in [3.8, 4) is 11.8 Å². The van der Waals surface area contributed by atoms with Gasteiger partial charge in [-0.2, -0.15) is 5.26 Å². The normalized spacial score (nSPS) is 19.1. The highest BCUT2D eigenvalue weighted by atomic mass is 16.5. The first kappa shape index (κ1) is 17.2. The monoisotopic (exact) mass is 358 g/mol. The zero-order chi connectivity index (χ0) is 18.6. The molecule has 136 valence electrons. The van der Waals surface area contributed by atoms with Crippen LogP contribution in [0, 0.1) is 11.3 Å². The maximum absolute atomic E-state index is 9.63. The average Bonchev–Trinajstić information content (AvgIpc) is 2.72. The maximum Gasteiger partial charge on any atom is 0.205 e. The summed E-state index contributed by atoms with van der Waals surface area (Å²) < 4.78 is 11.6. The van der Waals surface area contributed by atoms with Gasteiger partial charge in [0.2, 0.25) is 5.88 Å². The van der Waals surface area contributed by atoms with E-state index in [1.165, 1.54) is 5.57 Å². The Kier molecular flexibility index (Phi) is 4.84. The average molecular weight is 358 g/mol. The molecular weight excluding hydrogens is 336 g/mol. The fraction of sp³-hybridized carbons (Fsp3) is 0.261. The molecule has 1 heterocycles. The molecule has 1 aliphatic carbocycles. The summed E-state index contributed by atoms with van der Waals surface area (Å²) in [6, 6.07) is 20.3. The number of rotatable bonds is 4. The van der Waals surface area contributed by atoms with Crippen molar-refractivity contribution in [2.45, 2.75) is 38.2 Å². The summed E-state index contributed by atoms with van der Waals surface area (Å²) in [7, 11) is 0. The predicted molar refractivity (Wildman–Crippen MR) is 103 cm³/mol. The summed E-state index contributed by atoms with van der Waals surface area (Å²) in [5, 5.41) is 9.63. The third-order valence-corrected chi connectivity index (χ3v) is 5.18. The zero-order valence-electron chi connectivity index (χ0n) is 15.2. The number of allylic oxidation sites excluding steroid dienone is 3. The van der Waals surface area contributed by atoms with Gasteiger partial charge in [-0.1, -0.05) is 42.5 Å². The highest BCUT2D eigenvalue weighted by molar-refractivity contribution is 5.50. The Morgan fingerprint density at radius 2 is 1.78 bits per heavy atom. The lowest BCUT2D eigenvalue weighted by Gasteiger charge is -2.32. The maximum atomic E-state index is 9.63. The van der Waals surface area contributed by atoms with Gasteiger partial charge in [0, 0.05) is 12.3 Å². The molecule has 0 aromatic heterocycles. The molecule has 0 bridgehead atoms. The Balaban J connectivity index is 1.57. The fourth-order valence-corrected chi connectivity index (χ4v) is 3.81. The molecule has 0 saturated carbocycles. The second-order valence-electron chi connectivity index (χ2n) is 6.92. The predicted octanol–water partition coefficient (Wildman–Crippen LogP) is 4.90. The van der Waals surface area contributed by atoms with Crippen LogP contribution in [0.25, 0.3) is 0 Å². The lowest BCUT2D eigenvalue weighted by Crippen LogP contribution is -2.22. The van der Waals surface area contributed by atoms with E-state index in [1.807, 2.05) is 54.6 Å². The minimum absolute atomic E-state index is 0.109. The molecule has 0 fully saturated rings. The summed E-state index contributed by atoms with van der Waals surface area (Å²) in [6.07, 6.45) is 4.07. The van der Waals surface area contributed by atoms with Crippen molar-refractivity contribution in [3.05, 3.63) is 88.5 Å². The van der Waals surface area contributed by atoms with E-state index in [-0.39, 0.29) is 11.8 Å². The Morgan fingerprint density at radius 1 is 1.04 bits per heavy atom. The van der Waals surface area contributed by atoms with E-state index >= 15 is 0 Å². The van der Waals surface area contributed by atoms with Crippen LogP contribution >= 0.6 is 0 Å². The molecule has 2 aromatic rings. The van der Waals surface area contributed by atoms with E-state index in [4.69, 9.17) is 15.2 Å². The Hall–Kier alpha value is -3.19. The first-order valence-electron chi connectivity index (χ1n) is 9.32. The van der Waals surface area contributed by atoms with Crippen LogP contribution < -0.4 is 10.5 Å². The quantitative estimate of drug-likeness (QED) is 0.844. The van der Waals surface area contributed by atoms with Crippen LogP contribution in [0.5, 0.6) is 5.75 Å². The van der Waals surface area contributed by atoms with Crippen LogP contribution in [0.1, 0.15) is 42.7 Å². The van der Waals surface area contributed by atoms with Gasteiger partial charge in [0.25, 0.3) is 0 Å². The molecule has 4 heteroatoms. The van der Waals surface area contributed by atoms with Crippen molar-refractivity contribution in [1.29, 1.82) is 5.26 Å². The summed E-state index contributed by atoms with van der Waals surface area (Å²) in [6.45, 7) is 0.531. The Labute approximate surface area is 159 Å². The molecule has 27 heavy (non-hydrogen) atoms. The molecule has 4 nitrogen and oxygen atoms in total. The molecule has 2 aromatic carbocycles. The van der Waals surface area contributed by atoms with Gasteiger partial charge in [-0.25, -0.2) is 0 Å². The standard InChI is InChI=1S/C23H22N2O2/c24-14-20-22(19-8-4-5-9-21(19)27-23(20)25)17-10-12-18(13-11-17)26-15-16-6-2-1-3-7-16/h1-3,6-7,10-13,22H,4-5,8-9,15,25H2. The van der Waals surface area contributed by atoms with Crippen LogP contribution in [0.2, 0.25) is 0 Å². The molecule has 4 rings (SSSR count). The van der Waals surface area contributed by atoms with Gasteiger partial charge < -0.3 is 15.2 Å². The molecule has 0 radical (unpaired) electrons. The van der Waals surface area contributed by atoms with E-state index < -0.39 is 0 Å². The second-order valence-corrected chi connectivity index (χ2v) is 6.92. The van der Waals surface area contributed by atoms with Crippen molar-refractivity contribution in [2.24, 2.45) is 5.73 Å². The molecule has 0 spiro atoms. The largest absolute Gasteiger partial charge is 0.489 e.